The average Bonchev–Trinajstić information content (AvgIpc) is 2.25. The number of nitrogens with two attached hydrogens (primary N) is 1. The molecule has 0 fully saturated rings. The number of aryl methyl sites for hydroxylation is 1. The number of hydrazine groups is 1. The van der Waals surface area contributed by atoms with E-state index in [9.17, 15) is 18.3 Å². The lowest BCUT2D eigenvalue weighted by atomic mass is 9.96. The van der Waals surface area contributed by atoms with E-state index in [2.05, 4.69) is 0 Å². The van der Waals surface area contributed by atoms with E-state index in [-0.39, 0.29) is 4.41 Å². The van der Waals surface area contributed by atoms with Crippen molar-refractivity contribution in [1.29, 1.82) is 0 Å². The third-order valence-corrected chi connectivity index (χ3v) is 4.08. The largest absolute Gasteiger partial charge is 0.507 e. The van der Waals surface area contributed by atoms with Gasteiger partial charge in [0.15, 0.2) is 0 Å². The molecule has 0 saturated carbocycles. The Labute approximate surface area is 112 Å². The van der Waals surface area contributed by atoms with Crippen molar-refractivity contribution >= 4 is 15.9 Å². The number of carbonyl (C=O) groups excluding carboxylic acids is 1. The molecular formula is C12H18N2O4S. The molecule has 0 bridgehead atoms. The molecule has 0 unspecified atom stereocenters. The van der Waals surface area contributed by atoms with E-state index in [0.29, 0.717) is 5.56 Å². The highest BCUT2D eigenvalue weighted by molar-refractivity contribution is 7.89. The summed E-state index contributed by atoms with van der Waals surface area (Å²) in [6, 6.07) is 4.03. The van der Waals surface area contributed by atoms with Crippen LogP contribution in [0.4, 0.5) is 0 Å². The Hall–Kier alpha value is -1.60. The van der Waals surface area contributed by atoms with Crippen LogP contribution >= 0.6 is 0 Å². The molecule has 0 aromatic heterocycles. The van der Waals surface area contributed by atoms with Crippen molar-refractivity contribution in [1.82, 2.24) is 4.41 Å². The molecule has 0 saturated heterocycles. The molecule has 1 aromatic carbocycles. The molecule has 1 aromatic rings. The molecule has 0 spiro atoms. The van der Waals surface area contributed by atoms with E-state index in [4.69, 9.17) is 5.84 Å². The van der Waals surface area contributed by atoms with Crippen LogP contribution < -0.4 is 5.84 Å². The molecule has 19 heavy (non-hydrogen) atoms. The van der Waals surface area contributed by atoms with Crippen LogP contribution in [0.15, 0.2) is 23.1 Å². The van der Waals surface area contributed by atoms with Gasteiger partial charge >= 0.3 is 0 Å². The summed E-state index contributed by atoms with van der Waals surface area (Å²) in [5.74, 6) is 4.21. The molecule has 0 heterocycles. The van der Waals surface area contributed by atoms with Crippen molar-refractivity contribution in [3.63, 3.8) is 0 Å². The van der Waals surface area contributed by atoms with Gasteiger partial charge in [-0.05, 0) is 24.6 Å². The summed E-state index contributed by atoms with van der Waals surface area (Å²) in [6.45, 7) is 6.37. The summed E-state index contributed by atoms with van der Waals surface area (Å²) in [4.78, 5) is 11.5. The molecule has 6 nitrogen and oxygen atoms in total. The van der Waals surface area contributed by atoms with E-state index in [1.807, 2.05) is 0 Å². The summed E-state index contributed by atoms with van der Waals surface area (Å²) in [6.07, 6.45) is 0. The van der Waals surface area contributed by atoms with Crippen molar-refractivity contribution in [3.05, 3.63) is 23.8 Å². The summed E-state index contributed by atoms with van der Waals surface area (Å²) >= 11 is 0. The van der Waals surface area contributed by atoms with Crippen LogP contribution in [0.2, 0.25) is 0 Å². The van der Waals surface area contributed by atoms with Gasteiger partial charge in [-0.1, -0.05) is 26.8 Å². The van der Waals surface area contributed by atoms with Crippen LogP contribution in [-0.2, 0) is 14.8 Å². The van der Waals surface area contributed by atoms with Gasteiger partial charge in [0.05, 0.1) is 0 Å². The van der Waals surface area contributed by atoms with Crippen LogP contribution in [-0.4, -0.2) is 23.8 Å². The number of sulfonamides is 1. The molecule has 3 N–H and O–H groups in total. The Morgan fingerprint density at radius 2 is 1.84 bits per heavy atom. The zero-order chi connectivity index (χ0) is 15.0. The number of amides is 1. The van der Waals surface area contributed by atoms with Crippen molar-refractivity contribution in [3.8, 4) is 5.75 Å². The monoisotopic (exact) mass is 286 g/mol. The number of benzene rings is 1. The zero-order valence-corrected chi connectivity index (χ0v) is 12.2. The van der Waals surface area contributed by atoms with Crippen LogP contribution in [0, 0.1) is 12.3 Å². The minimum absolute atomic E-state index is 0.178. The maximum atomic E-state index is 12.2. The number of nitrogens with zero attached hydrogens (tertiary/aromatic N) is 1. The van der Waals surface area contributed by atoms with Crippen molar-refractivity contribution in [2.45, 2.75) is 32.6 Å². The van der Waals surface area contributed by atoms with Gasteiger partial charge < -0.3 is 5.11 Å². The minimum Gasteiger partial charge on any atom is -0.507 e. The minimum atomic E-state index is -4.26. The zero-order valence-electron chi connectivity index (χ0n) is 11.3. The van der Waals surface area contributed by atoms with Gasteiger partial charge in [0.2, 0.25) is 0 Å². The number of carbonyl (C=O) groups is 1. The first-order valence-corrected chi connectivity index (χ1v) is 7.06. The lowest BCUT2D eigenvalue weighted by molar-refractivity contribution is -0.134. The molecular weight excluding hydrogens is 268 g/mol. The van der Waals surface area contributed by atoms with E-state index in [1.54, 1.807) is 27.7 Å². The second-order valence-corrected chi connectivity index (χ2v) is 7.11. The lowest BCUT2D eigenvalue weighted by Gasteiger charge is -2.25. The van der Waals surface area contributed by atoms with Crippen molar-refractivity contribution in [2.24, 2.45) is 11.3 Å². The molecule has 1 amide bonds. The van der Waals surface area contributed by atoms with Crippen LogP contribution in [0.25, 0.3) is 0 Å². The summed E-state index contributed by atoms with van der Waals surface area (Å²) < 4.78 is 24.5. The van der Waals surface area contributed by atoms with E-state index in [1.165, 1.54) is 18.2 Å². The highest BCUT2D eigenvalue weighted by atomic mass is 32.2. The highest BCUT2D eigenvalue weighted by Crippen LogP contribution is 2.27. The SMILES string of the molecule is Cc1ccc(S(=O)(=O)N(N)C(=O)C(C)(C)C)c(O)c1. The Kier molecular flexibility index (Phi) is 3.92. The molecule has 1 rings (SSSR count). The second kappa shape index (κ2) is 4.82. The van der Waals surface area contributed by atoms with Crippen LogP contribution in [0.5, 0.6) is 5.75 Å². The number of hydrogen-bond acceptors (Lipinski definition) is 5. The Morgan fingerprint density at radius 3 is 2.26 bits per heavy atom. The lowest BCUT2D eigenvalue weighted by Crippen LogP contribution is -2.47. The van der Waals surface area contributed by atoms with Gasteiger partial charge in [-0.25, -0.2) is 5.84 Å². The van der Waals surface area contributed by atoms with Gasteiger partial charge in [-0.2, -0.15) is 12.8 Å². The Balaban J connectivity index is 3.29. The summed E-state index contributed by atoms with van der Waals surface area (Å²) in [5.41, 5.74) is -0.246. The standard InChI is InChI=1S/C12H18N2O4S/c1-8-5-6-10(9(15)7-8)19(17,18)14(13)11(16)12(2,3)4/h5-7,15H,13H2,1-4H3. The first-order valence-electron chi connectivity index (χ1n) is 5.62. The molecule has 0 atom stereocenters. The first-order chi connectivity index (χ1) is 8.48. The molecule has 0 aliphatic carbocycles. The maximum absolute atomic E-state index is 12.2. The summed E-state index contributed by atoms with van der Waals surface area (Å²) in [5, 5.41) is 9.69. The van der Waals surface area contributed by atoms with Gasteiger partial charge in [0.25, 0.3) is 15.9 Å². The Bertz CT molecular complexity index is 603. The van der Waals surface area contributed by atoms with Crippen molar-refractivity contribution < 1.29 is 18.3 Å². The molecule has 0 aliphatic rings. The number of hydrogen-bond donors (Lipinski definition) is 2. The molecule has 0 aliphatic heterocycles. The van der Waals surface area contributed by atoms with Gasteiger partial charge in [0, 0.05) is 5.41 Å². The predicted molar refractivity (Wildman–Crippen MR) is 70.5 cm³/mol. The fraction of sp³-hybridized carbons (Fsp3) is 0.417. The van der Waals surface area contributed by atoms with E-state index in [0.717, 1.165) is 0 Å². The number of rotatable bonds is 2. The summed E-state index contributed by atoms with van der Waals surface area (Å²) in [7, 11) is -4.26. The predicted octanol–water partition coefficient (Wildman–Crippen LogP) is 1.14. The Morgan fingerprint density at radius 1 is 1.32 bits per heavy atom. The van der Waals surface area contributed by atoms with Crippen LogP contribution in [0.3, 0.4) is 0 Å². The third-order valence-electron chi connectivity index (χ3n) is 2.49. The van der Waals surface area contributed by atoms with Gasteiger partial charge in [-0.15, -0.1) is 0 Å². The number of aromatic hydroxyl groups is 1. The first kappa shape index (κ1) is 15.5. The third kappa shape index (κ3) is 3.05. The smallest absolute Gasteiger partial charge is 0.283 e. The molecule has 0 radical (unpaired) electrons. The van der Waals surface area contributed by atoms with E-state index < -0.39 is 32.0 Å². The topological polar surface area (TPSA) is 101 Å². The van der Waals surface area contributed by atoms with Crippen molar-refractivity contribution in [2.75, 3.05) is 0 Å². The quantitative estimate of drug-likeness (QED) is 0.482. The molecule has 7 heteroatoms. The number of phenolic OH excluding ortho intramolecular Hbond substituents is 1. The van der Waals surface area contributed by atoms with Gasteiger partial charge in [0.1, 0.15) is 10.6 Å². The van der Waals surface area contributed by atoms with Crippen LogP contribution in [0.1, 0.15) is 26.3 Å². The average molecular weight is 286 g/mol. The number of phenols is 1. The fourth-order valence-electron chi connectivity index (χ4n) is 1.39. The second-order valence-electron chi connectivity index (χ2n) is 5.33. The maximum Gasteiger partial charge on any atom is 0.283 e. The van der Waals surface area contributed by atoms with Gasteiger partial charge in [-0.3, -0.25) is 4.79 Å². The normalized spacial score (nSPS) is 12.3. The fourth-order valence-corrected chi connectivity index (χ4v) is 2.66. The van der Waals surface area contributed by atoms with E-state index >= 15 is 0 Å². The molecule has 106 valence electrons. The highest BCUT2D eigenvalue weighted by Gasteiger charge is 2.35.